The highest BCUT2D eigenvalue weighted by atomic mass is 16.6. The summed E-state index contributed by atoms with van der Waals surface area (Å²) in [5.41, 5.74) is 1.18. The fourth-order valence-electron chi connectivity index (χ4n) is 2.51. The van der Waals surface area contributed by atoms with E-state index in [4.69, 9.17) is 9.47 Å². The number of hydrogen-bond acceptors (Lipinski definition) is 5. The number of amides is 3. The maximum Gasteiger partial charge on any atom is 0.347 e. The number of benzene rings is 1. The number of carbonyl (C=O) groups excluding carboxylic acids is 3. The zero-order valence-corrected chi connectivity index (χ0v) is 15.9. The van der Waals surface area contributed by atoms with E-state index in [2.05, 4.69) is 26.1 Å². The molecule has 0 unspecified atom stereocenters. The van der Waals surface area contributed by atoms with Gasteiger partial charge in [-0.15, -0.1) is 0 Å². The number of esters is 1. The normalized spacial score (nSPS) is 16.7. The molecule has 2 atom stereocenters. The van der Waals surface area contributed by atoms with E-state index < -0.39 is 30.1 Å². The third kappa shape index (κ3) is 4.74. The van der Waals surface area contributed by atoms with Crippen LogP contribution in [0, 0.1) is 0 Å². The van der Waals surface area contributed by atoms with E-state index in [1.54, 1.807) is 19.1 Å². The van der Waals surface area contributed by atoms with Crippen molar-refractivity contribution in [3.05, 3.63) is 29.8 Å². The number of urea groups is 1. The molecule has 7 nitrogen and oxygen atoms in total. The highest BCUT2D eigenvalue weighted by Gasteiger charge is 2.32. The Labute approximate surface area is 153 Å². The van der Waals surface area contributed by atoms with E-state index >= 15 is 0 Å². The van der Waals surface area contributed by atoms with Crippen LogP contribution in [0.3, 0.4) is 0 Å². The highest BCUT2D eigenvalue weighted by molar-refractivity contribution is 5.98. The van der Waals surface area contributed by atoms with Crippen LogP contribution >= 0.6 is 0 Å². The lowest BCUT2D eigenvalue weighted by atomic mass is 9.87. The average Bonchev–Trinajstić information content (AvgIpc) is 2.99. The second kappa shape index (κ2) is 7.76. The van der Waals surface area contributed by atoms with Gasteiger partial charge in [-0.2, -0.15) is 0 Å². The van der Waals surface area contributed by atoms with E-state index in [0.717, 1.165) is 10.5 Å². The number of imide groups is 1. The highest BCUT2D eigenvalue weighted by Crippen LogP contribution is 2.24. The lowest BCUT2D eigenvalue weighted by Crippen LogP contribution is -2.43. The summed E-state index contributed by atoms with van der Waals surface area (Å²) in [6.45, 7) is 10.0. The van der Waals surface area contributed by atoms with Crippen molar-refractivity contribution in [3.63, 3.8) is 0 Å². The van der Waals surface area contributed by atoms with E-state index in [9.17, 15) is 14.4 Å². The van der Waals surface area contributed by atoms with E-state index in [1.807, 2.05) is 12.1 Å². The van der Waals surface area contributed by atoms with Crippen molar-refractivity contribution in [2.75, 3.05) is 13.1 Å². The molecule has 142 valence electrons. The summed E-state index contributed by atoms with van der Waals surface area (Å²) in [6.07, 6.45) is -1.93. The van der Waals surface area contributed by atoms with E-state index in [-0.39, 0.29) is 12.0 Å². The summed E-state index contributed by atoms with van der Waals surface area (Å²) in [5.74, 6) is -0.666. The molecule has 1 aromatic carbocycles. The molecule has 0 aromatic heterocycles. The fraction of sp³-hybridized carbons (Fsp3) is 0.526. The summed E-state index contributed by atoms with van der Waals surface area (Å²) >= 11 is 0. The van der Waals surface area contributed by atoms with Crippen LogP contribution in [0.1, 0.15) is 40.2 Å². The quantitative estimate of drug-likeness (QED) is 0.812. The van der Waals surface area contributed by atoms with Crippen LogP contribution in [0.15, 0.2) is 24.3 Å². The number of hydrogen-bond donors (Lipinski definition) is 1. The van der Waals surface area contributed by atoms with Gasteiger partial charge in [0.2, 0.25) is 0 Å². The van der Waals surface area contributed by atoms with Gasteiger partial charge in [0, 0.05) is 13.1 Å². The molecule has 1 aliphatic heterocycles. The summed E-state index contributed by atoms with van der Waals surface area (Å²) in [7, 11) is 0. The molecule has 3 amide bonds. The van der Waals surface area contributed by atoms with Crippen LogP contribution in [-0.4, -0.2) is 48.1 Å². The molecule has 26 heavy (non-hydrogen) atoms. The van der Waals surface area contributed by atoms with Crippen molar-refractivity contribution in [2.45, 2.75) is 52.2 Å². The zero-order chi connectivity index (χ0) is 19.5. The van der Waals surface area contributed by atoms with E-state index in [0.29, 0.717) is 12.3 Å². The van der Waals surface area contributed by atoms with Crippen molar-refractivity contribution < 1.29 is 23.9 Å². The van der Waals surface area contributed by atoms with Gasteiger partial charge in [-0.1, -0.05) is 32.9 Å². The first-order chi connectivity index (χ1) is 12.1. The number of ether oxygens (including phenoxy) is 2. The molecule has 1 aliphatic rings. The molecule has 0 aliphatic carbocycles. The summed E-state index contributed by atoms with van der Waals surface area (Å²) in [6, 6.07) is 7.03. The first kappa shape index (κ1) is 19.8. The molecule has 0 spiro atoms. The van der Waals surface area contributed by atoms with Crippen molar-refractivity contribution in [3.8, 4) is 5.75 Å². The Bertz CT molecular complexity index is 678. The Kier molecular flexibility index (Phi) is 5.90. The third-order valence-electron chi connectivity index (χ3n) is 4.13. The summed E-state index contributed by atoms with van der Waals surface area (Å²) < 4.78 is 10.7. The van der Waals surface area contributed by atoms with Gasteiger partial charge in [-0.3, -0.25) is 9.69 Å². The van der Waals surface area contributed by atoms with Gasteiger partial charge in [0.05, 0.1) is 0 Å². The van der Waals surface area contributed by atoms with Crippen LogP contribution in [0.25, 0.3) is 0 Å². The number of rotatable bonds is 5. The van der Waals surface area contributed by atoms with Gasteiger partial charge in [-0.25, -0.2) is 9.59 Å². The zero-order valence-electron chi connectivity index (χ0n) is 15.9. The average molecular weight is 362 g/mol. The molecule has 1 saturated heterocycles. The van der Waals surface area contributed by atoms with Crippen LogP contribution in [-0.2, 0) is 19.7 Å². The molecule has 0 saturated carbocycles. The molecular weight excluding hydrogens is 336 g/mol. The van der Waals surface area contributed by atoms with Crippen molar-refractivity contribution in [1.29, 1.82) is 0 Å². The Morgan fingerprint density at radius 1 is 1.12 bits per heavy atom. The molecule has 1 N–H and O–H groups in total. The van der Waals surface area contributed by atoms with Crippen molar-refractivity contribution in [2.24, 2.45) is 0 Å². The largest absolute Gasteiger partial charge is 0.479 e. The third-order valence-corrected chi connectivity index (χ3v) is 4.13. The van der Waals surface area contributed by atoms with Crippen molar-refractivity contribution >= 4 is 17.9 Å². The molecular formula is C19H26N2O5. The number of nitrogens with zero attached hydrogens (tertiary/aromatic N) is 1. The monoisotopic (exact) mass is 362 g/mol. The van der Waals surface area contributed by atoms with Gasteiger partial charge in [0.1, 0.15) is 5.75 Å². The first-order valence-corrected chi connectivity index (χ1v) is 8.66. The Morgan fingerprint density at radius 2 is 1.73 bits per heavy atom. The van der Waals surface area contributed by atoms with E-state index in [1.165, 1.54) is 6.92 Å². The van der Waals surface area contributed by atoms with Crippen LogP contribution in [0.5, 0.6) is 5.75 Å². The minimum Gasteiger partial charge on any atom is -0.479 e. The van der Waals surface area contributed by atoms with Crippen LogP contribution < -0.4 is 10.1 Å². The maximum absolute atomic E-state index is 12.2. The summed E-state index contributed by atoms with van der Waals surface area (Å²) in [5, 5.41) is 2.53. The molecule has 1 fully saturated rings. The number of carbonyl (C=O) groups is 3. The fourth-order valence-corrected chi connectivity index (χ4v) is 2.51. The summed E-state index contributed by atoms with van der Waals surface area (Å²) in [4.78, 5) is 36.9. The SMILES string of the molecule is C[C@H](Oc1ccc(C(C)(C)C)cc1)C(=O)O[C@@H](C)C(=O)N1CCNC1=O. The van der Waals surface area contributed by atoms with Gasteiger partial charge in [0.15, 0.2) is 12.2 Å². The predicted octanol–water partition coefficient (Wildman–Crippen LogP) is 2.23. The van der Waals surface area contributed by atoms with Gasteiger partial charge in [-0.05, 0) is 37.0 Å². The van der Waals surface area contributed by atoms with Gasteiger partial charge in [0.25, 0.3) is 5.91 Å². The lowest BCUT2D eigenvalue weighted by molar-refractivity contribution is -0.163. The lowest BCUT2D eigenvalue weighted by Gasteiger charge is -2.21. The molecule has 0 radical (unpaired) electrons. The minimum absolute atomic E-state index is 0.0285. The molecule has 1 heterocycles. The van der Waals surface area contributed by atoms with Crippen LogP contribution in [0.2, 0.25) is 0 Å². The van der Waals surface area contributed by atoms with Crippen molar-refractivity contribution in [1.82, 2.24) is 10.2 Å². The van der Waals surface area contributed by atoms with Gasteiger partial charge < -0.3 is 14.8 Å². The Balaban J connectivity index is 1.90. The second-order valence-electron chi connectivity index (χ2n) is 7.34. The Hall–Kier alpha value is -2.57. The predicted molar refractivity (Wildman–Crippen MR) is 95.9 cm³/mol. The molecule has 7 heteroatoms. The number of nitrogens with one attached hydrogen (secondary N) is 1. The molecule has 1 aromatic rings. The second-order valence-corrected chi connectivity index (χ2v) is 7.34. The maximum atomic E-state index is 12.2. The first-order valence-electron chi connectivity index (χ1n) is 8.66. The Morgan fingerprint density at radius 3 is 2.23 bits per heavy atom. The van der Waals surface area contributed by atoms with Gasteiger partial charge >= 0.3 is 12.0 Å². The molecule has 2 rings (SSSR count). The smallest absolute Gasteiger partial charge is 0.347 e. The molecule has 0 bridgehead atoms. The topological polar surface area (TPSA) is 84.9 Å². The minimum atomic E-state index is -1.05. The van der Waals surface area contributed by atoms with Crippen LogP contribution in [0.4, 0.5) is 4.79 Å². The standard InChI is InChI=1S/C19H26N2O5/c1-12(16(22)21-11-10-20-18(21)24)26-17(23)13(2)25-15-8-6-14(7-9-15)19(3,4)5/h6-9,12-13H,10-11H2,1-5H3,(H,20,24)/t12-,13-/m0/s1.